The van der Waals surface area contributed by atoms with Crippen molar-refractivity contribution in [2.75, 3.05) is 0 Å². The largest absolute Gasteiger partial charge is 0.508 e. The van der Waals surface area contributed by atoms with Gasteiger partial charge in [-0.25, -0.2) is 0 Å². The molecular weight excluding hydrogens is 312 g/mol. The number of phenolic OH excluding ortho intramolecular Hbond substituents is 2. The van der Waals surface area contributed by atoms with Gasteiger partial charge < -0.3 is 15.0 Å². The van der Waals surface area contributed by atoms with Crippen molar-refractivity contribution in [3.63, 3.8) is 0 Å². The van der Waals surface area contributed by atoms with Crippen molar-refractivity contribution < 1.29 is 15.0 Å². The van der Waals surface area contributed by atoms with Gasteiger partial charge in [-0.3, -0.25) is 0 Å². The minimum absolute atomic E-state index is 0.170. The highest BCUT2D eigenvalue weighted by atomic mass is 16.3. The van der Waals surface area contributed by atoms with Gasteiger partial charge in [-0.15, -0.1) is 0 Å². The fourth-order valence-electron chi connectivity index (χ4n) is 3.51. The Balaban J connectivity index is 2.05. The van der Waals surface area contributed by atoms with E-state index < -0.39 is 5.92 Å². The van der Waals surface area contributed by atoms with Crippen molar-refractivity contribution in [3.8, 4) is 11.5 Å². The number of carbonyl (C=O) groups is 1. The lowest BCUT2D eigenvalue weighted by molar-refractivity contribution is -0.108. The van der Waals surface area contributed by atoms with Crippen LogP contribution in [0.1, 0.15) is 28.2 Å². The van der Waals surface area contributed by atoms with E-state index in [1.165, 1.54) is 0 Å². The van der Waals surface area contributed by atoms with Gasteiger partial charge >= 0.3 is 0 Å². The van der Waals surface area contributed by atoms with Gasteiger partial charge in [0, 0.05) is 0 Å². The zero-order valence-corrected chi connectivity index (χ0v) is 13.4. The molecule has 1 atom stereocenters. The van der Waals surface area contributed by atoms with E-state index in [0.717, 1.165) is 39.7 Å². The first-order valence-electron chi connectivity index (χ1n) is 8.06. The third-order valence-electron chi connectivity index (χ3n) is 4.60. The number of allylic oxidation sites excluding steroid dienone is 1. The Labute approximate surface area is 145 Å². The van der Waals surface area contributed by atoms with Gasteiger partial charge in [-0.05, 0) is 57.7 Å². The van der Waals surface area contributed by atoms with E-state index in [0.29, 0.717) is 0 Å². The molecular formula is C22H16O3. The number of hydrogen-bond donors (Lipinski definition) is 2. The molecule has 3 aromatic rings. The van der Waals surface area contributed by atoms with Crippen molar-refractivity contribution >= 4 is 17.4 Å². The van der Waals surface area contributed by atoms with Gasteiger partial charge in [-0.2, -0.15) is 0 Å². The van der Waals surface area contributed by atoms with Gasteiger partial charge in [0.05, 0.1) is 5.92 Å². The predicted octanol–water partition coefficient (Wildman–Crippen LogP) is 4.35. The van der Waals surface area contributed by atoms with Crippen LogP contribution >= 0.6 is 0 Å². The van der Waals surface area contributed by atoms with Gasteiger partial charge in [0.1, 0.15) is 17.8 Å². The maximum atomic E-state index is 11.9. The number of aldehydes is 1. The molecule has 0 amide bonds. The summed E-state index contributed by atoms with van der Waals surface area (Å²) in [6.07, 6.45) is 0.939. The van der Waals surface area contributed by atoms with E-state index in [-0.39, 0.29) is 11.5 Å². The molecule has 0 spiro atoms. The Morgan fingerprint density at radius 3 is 2.12 bits per heavy atom. The molecule has 0 bridgehead atoms. The lowest BCUT2D eigenvalue weighted by Gasteiger charge is -2.12. The molecule has 2 N–H and O–H groups in total. The monoisotopic (exact) mass is 328 g/mol. The fraction of sp³-hybridized carbons (Fsp3) is 0.0455. The van der Waals surface area contributed by atoms with Crippen molar-refractivity contribution in [2.24, 2.45) is 0 Å². The van der Waals surface area contributed by atoms with E-state index in [1.807, 2.05) is 42.5 Å². The summed E-state index contributed by atoms with van der Waals surface area (Å²) in [5, 5.41) is 19.6. The molecule has 0 saturated heterocycles. The summed E-state index contributed by atoms with van der Waals surface area (Å²) < 4.78 is 0. The lowest BCUT2D eigenvalue weighted by atomic mass is 9.90. The lowest BCUT2D eigenvalue weighted by Crippen LogP contribution is -2.00. The molecule has 0 fully saturated rings. The third kappa shape index (κ3) is 2.50. The fourth-order valence-corrected chi connectivity index (χ4v) is 3.51. The Morgan fingerprint density at radius 1 is 0.760 bits per heavy atom. The molecule has 25 heavy (non-hydrogen) atoms. The second kappa shape index (κ2) is 5.95. The number of phenols is 2. The highest BCUT2D eigenvalue weighted by molar-refractivity contribution is 6.10. The van der Waals surface area contributed by atoms with Gasteiger partial charge in [0.15, 0.2) is 0 Å². The normalized spacial score (nSPS) is 15.9. The Bertz CT molecular complexity index is 970. The molecule has 3 heteroatoms. The smallest absolute Gasteiger partial charge is 0.131 e. The third-order valence-corrected chi connectivity index (χ3v) is 4.60. The van der Waals surface area contributed by atoms with Crippen LogP contribution in [0, 0.1) is 0 Å². The summed E-state index contributed by atoms with van der Waals surface area (Å²) in [4.78, 5) is 11.9. The summed E-state index contributed by atoms with van der Waals surface area (Å²) in [7, 11) is 0. The topological polar surface area (TPSA) is 57.5 Å². The Kier molecular flexibility index (Phi) is 3.62. The summed E-state index contributed by atoms with van der Waals surface area (Å²) in [6.45, 7) is 0. The van der Waals surface area contributed by atoms with Crippen LogP contribution in [0.4, 0.5) is 0 Å². The molecule has 122 valence electrons. The molecule has 1 aliphatic carbocycles. The molecule has 1 aliphatic rings. The van der Waals surface area contributed by atoms with Crippen molar-refractivity contribution in [2.45, 2.75) is 5.92 Å². The Hall–Kier alpha value is -3.33. The van der Waals surface area contributed by atoms with Crippen LogP contribution in [0.3, 0.4) is 0 Å². The van der Waals surface area contributed by atoms with E-state index >= 15 is 0 Å². The summed E-state index contributed by atoms with van der Waals surface area (Å²) in [5.41, 5.74) is 5.45. The first kappa shape index (κ1) is 15.2. The second-order valence-corrected chi connectivity index (χ2v) is 6.09. The molecule has 3 aromatic carbocycles. The van der Waals surface area contributed by atoms with Crippen molar-refractivity contribution in [1.29, 1.82) is 0 Å². The number of rotatable bonds is 3. The molecule has 0 heterocycles. The molecule has 1 unspecified atom stereocenters. The molecule has 0 saturated carbocycles. The van der Waals surface area contributed by atoms with Crippen molar-refractivity contribution in [1.82, 2.24) is 0 Å². The van der Waals surface area contributed by atoms with Gasteiger partial charge in [-0.1, -0.05) is 48.5 Å². The first-order chi connectivity index (χ1) is 12.2. The zero-order chi connectivity index (χ0) is 17.4. The van der Waals surface area contributed by atoms with Crippen LogP contribution in [0.2, 0.25) is 0 Å². The maximum Gasteiger partial charge on any atom is 0.131 e. The maximum absolute atomic E-state index is 11.9. The standard InChI is InChI=1S/C22H16O3/c23-13-20-18-11-10-17(25)12-19(18)21(14-4-2-1-3-5-14)22(20)15-6-8-16(24)9-7-15/h1-13,20,24-25H. The molecule has 3 nitrogen and oxygen atoms in total. The SMILES string of the molecule is O=CC1C(c2ccc(O)cc2)=C(c2ccccc2)c2cc(O)ccc21. The van der Waals surface area contributed by atoms with Crippen molar-refractivity contribution in [3.05, 3.63) is 95.1 Å². The number of hydrogen-bond acceptors (Lipinski definition) is 3. The van der Waals surface area contributed by atoms with E-state index in [4.69, 9.17) is 0 Å². The highest BCUT2D eigenvalue weighted by Crippen LogP contribution is 2.49. The molecule has 0 aliphatic heterocycles. The van der Waals surface area contributed by atoms with Crippen LogP contribution < -0.4 is 0 Å². The quantitative estimate of drug-likeness (QED) is 0.703. The zero-order valence-electron chi connectivity index (χ0n) is 13.4. The number of benzene rings is 3. The average molecular weight is 328 g/mol. The Morgan fingerprint density at radius 2 is 1.44 bits per heavy atom. The minimum atomic E-state index is -0.407. The van der Waals surface area contributed by atoms with Crippen LogP contribution in [-0.4, -0.2) is 16.5 Å². The molecule has 0 radical (unpaired) electrons. The van der Waals surface area contributed by atoms with E-state index in [9.17, 15) is 15.0 Å². The van der Waals surface area contributed by atoms with Crippen LogP contribution in [0.15, 0.2) is 72.8 Å². The summed E-state index contributed by atoms with van der Waals surface area (Å²) in [5.74, 6) is -0.0550. The minimum Gasteiger partial charge on any atom is -0.508 e. The highest BCUT2D eigenvalue weighted by Gasteiger charge is 2.32. The number of fused-ring (bicyclic) bond motifs is 1. The molecule has 4 rings (SSSR count). The summed E-state index contributed by atoms with van der Waals surface area (Å²) >= 11 is 0. The first-order valence-corrected chi connectivity index (χ1v) is 8.06. The van der Waals surface area contributed by atoms with Gasteiger partial charge in [0.2, 0.25) is 0 Å². The van der Waals surface area contributed by atoms with Crippen LogP contribution in [0.25, 0.3) is 11.1 Å². The van der Waals surface area contributed by atoms with E-state index in [2.05, 4.69) is 0 Å². The average Bonchev–Trinajstić information content (AvgIpc) is 2.96. The molecule has 0 aromatic heterocycles. The second-order valence-electron chi connectivity index (χ2n) is 6.09. The van der Waals surface area contributed by atoms with Crippen LogP contribution in [0.5, 0.6) is 11.5 Å². The number of aromatic hydroxyl groups is 2. The predicted molar refractivity (Wildman–Crippen MR) is 97.4 cm³/mol. The summed E-state index contributed by atoms with van der Waals surface area (Å²) in [6, 6.07) is 21.8. The van der Waals surface area contributed by atoms with Gasteiger partial charge in [0.25, 0.3) is 0 Å². The van der Waals surface area contributed by atoms with Crippen LogP contribution in [-0.2, 0) is 4.79 Å². The number of carbonyl (C=O) groups excluding carboxylic acids is 1. The van der Waals surface area contributed by atoms with E-state index in [1.54, 1.807) is 30.3 Å².